The molecule has 10 aromatic rings. The Balaban J connectivity index is 1.17. The molecule has 5 heteroatoms. The van der Waals surface area contributed by atoms with Crippen LogP contribution >= 0.6 is 11.3 Å². The summed E-state index contributed by atoms with van der Waals surface area (Å²) in [6, 6.07) is 54.7. The predicted molar refractivity (Wildman–Crippen MR) is 207 cm³/mol. The van der Waals surface area contributed by atoms with E-state index < -0.39 is 0 Å². The maximum absolute atomic E-state index is 6.71. The molecule has 0 atom stereocenters. The Morgan fingerprint density at radius 2 is 1.12 bits per heavy atom. The highest BCUT2D eigenvalue weighted by atomic mass is 32.1. The van der Waals surface area contributed by atoms with Crippen molar-refractivity contribution in [1.29, 1.82) is 0 Å². The van der Waals surface area contributed by atoms with Crippen molar-refractivity contribution in [3.63, 3.8) is 0 Å². The van der Waals surface area contributed by atoms with Gasteiger partial charge in [-0.3, -0.25) is 4.98 Å². The smallest absolute Gasteiger partial charge is 0.160 e. The summed E-state index contributed by atoms with van der Waals surface area (Å²) in [5.74, 6) is 0.673. The van der Waals surface area contributed by atoms with Crippen LogP contribution in [0.15, 0.2) is 168 Å². The molecule has 0 unspecified atom stereocenters. The standard InChI is InChI=1S/C45H27N3OS/c1-2-10-30(11-3-1)45-47-38(29-19-17-28(18-20-29)37-14-8-9-25-46-37)27-39(48-45)35-24-23-32(44-43(35)36-13-4-6-15-40(36)49-44)31-21-22-34-33-12-5-7-16-41(33)50-42(34)26-31/h1-27H. The molecule has 0 saturated heterocycles. The molecule has 0 bridgehead atoms. The molecule has 4 heterocycles. The Hall–Kier alpha value is -6.43. The summed E-state index contributed by atoms with van der Waals surface area (Å²) in [5, 5.41) is 4.68. The monoisotopic (exact) mass is 657 g/mol. The third-order valence-electron chi connectivity index (χ3n) is 9.39. The van der Waals surface area contributed by atoms with Crippen LogP contribution in [-0.4, -0.2) is 15.0 Å². The van der Waals surface area contributed by atoms with Crippen LogP contribution in [-0.2, 0) is 0 Å². The fourth-order valence-corrected chi connectivity index (χ4v) is 8.10. The number of nitrogens with zero attached hydrogens (tertiary/aromatic N) is 3. The van der Waals surface area contributed by atoms with Gasteiger partial charge in [0.1, 0.15) is 11.2 Å². The number of benzene rings is 6. The maximum atomic E-state index is 6.71. The normalized spacial score (nSPS) is 11.6. The Labute approximate surface area is 292 Å². The average Bonchev–Trinajstić information content (AvgIpc) is 3.77. The summed E-state index contributed by atoms with van der Waals surface area (Å²) < 4.78 is 9.27. The first-order valence-electron chi connectivity index (χ1n) is 16.6. The van der Waals surface area contributed by atoms with E-state index in [2.05, 4.69) is 114 Å². The molecule has 10 rings (SSSR count). The minimum atomic E-state index is 0.673. The summed E-state index contributed by atoms with van der Waals surface area (Å²) in [4.78, 5) is 14.8. The van der Waals surface area contributed by atoms with Crippen molar-refractivity contribution in [3.8, 4) is 56.3 Å². The van der Waals surface area contributed by atoms with Gasteiger partial charge >= 0.3 is 0 Å². The van der Waals surface area contributed by atoms with Crippen LogP contribution < -0.4 is 0 Å². The minimum Gasteiger partial charge on any atom is -0.455 e. The van der Waals surface area contributed by atoms with Gasteiger partial charge in [0.25, 0.3) is 0 Å². The quantitative estimate of drug-likeness (QED) is 0.185. The lowest BCUT2D eigenvalue weighted by Gasteiger charge is -2.12. The third kappa shape index (κ3) is 4.79. The molecule has 0 radical (unpaired) electrons. The van der Waals surface area contributed by atoms with Crippen molar-refractivity contribution in [1.82, 2.24) is 15.0 Å². The molecule has 4 nitrogen and oxygen atoms in total. The zero-order chi connectivity index (χ0) is 33.0. The number of para-hydroxylation sites is 1. The Morgan fingerprint density at radius 1 is 0.440 bits per heavy atom. The van der Waals surface area contributed by atoms with E-state index in [-0.39, 0.29) is 0 Å². The van der Waals surface area contributed by atoms with Gasteiger partial charge in [-0.15, -0.1) is 11.3 Å². The van der Waals surface area contributed by atoms with E-state index >= 15 is 0 Å². The fraction of sp³-hybridized carbons (Fsp3) is 0. The van der Waals surface area contributed by atoms with Crippen LogP contribution in [0.2, 0.25) is 0 Å². The number of pyridine rings is 1. The number of hydrogen-bond acceptors (Lipinski definition) is 5. The van der Waals surface area contributed by atoms with Crippen LogP contribution in [0.4, 0.5) is 0 Å². The van der Waals surface area contributed by atoms with E-state index in [1.54, 1.807) is 0 Å². The molecule has 0 spiro atoms. The van der Waals surface area contributed by atoms with Crippen LogP contribution in [0.1, 0.15) is 0 Å². The molecule has 0 saturated carbocycles. The van der Waals surface area contributed by atoms with Gasteiger partial charge in [-0.2, -0.15) is 0 Å². The summed E-state index contributed by atoms with van der Waals surface area (Å²) in [5.41, 5.74) is 10.5. The first-order chi connectivity index (χ1) is 24.8. The molecule has 50 heavy (non-hydrogen) atoms. The Morgan fingerprint density at radius 3 is 1.96 bits per heavy atom. The first kappa shape index (κ1) is 28.6. The van der Waals surface area contributed by atoms with Gasteiger partial charge in [0.15, 0.2) is 5.82 Å². The predicted octanol–water partition coefficient (Wildman–Crippen LogP) is 12.5. The maximum Gasteiger partial charge on any atom is 0.160 e. The molecule has 0 aliphatic carbocycles. The summed E-state index contributed by atoms with van der Waals surface area (Å²) in [7, 11) is 0. The Kier molecular flexibility index (Phi) is 6.64. The average molecular weight is 658 g/mol. The summed E-state index contributed by atoms with van der Waals surface area (Å²) in [6.45, 7) is 0. The topological polar surface area (TPSA) is 51.8 Å². The third-order valence-corrected chi connectivity index (χ3v) is 10.5. The highest BCUT2D eigenvalue weighted by Gasteiger charge is 2.20. The van der Waals surface area contributed by atoms with Gasteiger partial charge in [0.2, 0.25) is 0 Å². The van der Waals surface area contributed by atoms with Crippen molar-refractivity contribution in [3.05, 3.63) is 164 Å². The largest absolute Gasteiger partial charge is 0.455 e. The number of fused-ring (bicyclic) bond motifs is 6. The number of thiophene rings is 1. The number of hydrogen-bond donors (Lipinski definition) is 0. The minimum absolute atomic E-state index is 0.673. The lowest BCUT2D eigenvalue weighted by Crippen LogP contribution is -1.96. The highest BCUT2D eigenvalue weighted by Crippen LogP contribution is 2.44. The molecular formula is C45H27N3OS. The zero-order valence-corrected chi connectivity index (χ0v) is 27.6. The molecule has 0 aliphatic rings. The van der Waals surface area contributed by atoms with Crippen LogP contribution in [0.3, 0.4) is 0 Å². The van der Waals surface area contributed by atoms with E-state index in [9.17, 15) is 0 Å². The molecule has 6 aromatic carbocycles. The van der Waals surface area contributed by atoms with E-state index in [0.29, 0.717) is 5.82 Å². The van der Waals surface area contributed by atoms with Gasteiger partial charge in [0.05, 0.1) is 17.1 Å². The Bertz CT molecular complexity index is 2860. The van der Waals surface area contributed by atoms with Crippen LogP contribution in [0, 0.1) is 0 Å². The van der Waals surface area contributed by atoms with E-state index in [1.807, 2.05) is 66.1 Å². The van der Waals surface area contributed by atoms with Gasteiger partial charge in [0, 0.05) is 65.0 Å². The van der Waals surface area contributed by atoms with E-state index in [0.717, 1.165) is 72.4 Å². The van der Waals surface area contributed by atoms with Crippen molar-refractivity contribution in [2.45, 2.75) is 0 Å². The van der Waals surface area contributed by atoms with Gasteiger partial charge in [-0.05, 0) is 48.0 Å². The van der Waals surface area contributed by atoms with Crippen molar-refractivity contribution >= 4 is 53.4 Å². The van der Waals surface area contributed by atoms with Gasteiger partial charge in [-0.25, -0.2) is 9.97 Å². The molecule has 0 N–H and O–H groups in total. The van der Waals surface area contributed by atoms with E-state index in [4.69, 9.17) is 14.4 Å². The zero-order valence-electron chi connectivity index (χ0n) is 26.7. The lowest BCUT2D eigenvalue weighted by molar-refractivity contribution is 0.670. The molecule has 4 aromatic heterocycles. The van der Waals surface area contributed by atoms with Crippen molar-refractivity contribution in [2.75, 3.05) is 0 Å². The molecule has 234 valence electrons. The second-order valence-corrected chi connectivity index (χ2v) is 13.5. The molecule has 0 amide bonds. The number of rotatable bonds is 5. The highest BCUT2D eigenvalue weighted by molar-refractivity contribution is 7.25. The SMILES string of the molecule is c1ccc(-c2nc(-c3ccc(-c4ccccn4)cc3)cc(-c3ccc(-c4ccc5c(c4)sc4ccccc45)c4oc5ccccc5c34)n2)cc1. The molecular weight excluding hydrogens is 631 g/mol. The fourth-order valence-electron chi connectivity index (χ4n) is 6.96. The number of aromatic nitrogens is 3. The van der Waals surface area contributed by atoms with Crippen LogP contribution in [0.5, 0.6) is 0 Å². The van der Waals surface area contributed by atoms with Crippen molar-refractivity contribution in [2.24, 2.45) is 0 Å². The summed E-state index contributed by atoms with van der Waals surface area (Å²) in [6.07, 6.45) is 1.82. The second kappa shape index (κ2) is 11.6. The van der Waals surface area contributed by atoms with Crippen LogP contribution in [0.25, 0.3) is 98.4 Å². The molecule has 0 fully saturated rings. The van der Waals surface area contributed by atoms with Gasteiger partial charge < -0.3 is 4.42 Å². The lowest BCUT2D eigenvalue weighted by atomic mass is 9.95. The van der Waals surface area contributed by atoms with Crippen molar-refractivity contribution < 1.29 is 4.42 Å². The second-order valence-electron chi connectivity index (χ2n) is 12.4. The first-order valence-corrected chi connectivity index (χ1v) is 17.4. The molecule has 0 aliphatic heterocycles. The number of furan rings is 1. The van der Waals surface area contributed by atoms with E-state index in [1.165, 1.54) is 20.2 Å². The summed E-state index contributed by atoms with van der Waals surface area (Å²) >= 11 is 1.83. The van der Waals surface area contributed by atoms with Gasteiger partial charge in [-0.1, -0.05) is 115 Å².